The molecule has 0 unspecified atom stereocenters. The summed E-state index contributed by atoms with van der Waals surface area (Å²) in [4.78, 5) is 39.5. The zero-order valence-corrected chi connectivity index (χ0v) is 16.8. The molecule has 2 atom stereocenters. The van der Waals surface area contributed by atoms with Gasteiger partial charge in [0.15, 0.2) is 0 Å². The monoisotopic (exact) mass is 413 g/mol. The van der Waals surface area contributed by atoms with Gasteiger partial charge in [0.2, 0.25) is 5.76 Å². The summed E-state index contributed by atoms with van der Waals surface area (Å²) in [6, 6.07) is 20.0. The number of hydrogen-bond donors (Lipinski definition) is 0. The second-order valence-electron chi connectivity index (χ2n) is 7.56. The van der Waals surface area contributed by atoms with E-state index in [1.165, 1.54) is 18.1 Å². The van der Waals surface area contributed by atoms with Crippen molar-refractivity contribution in [3.8, 4) is 0 Å². The highest BCUT2D eigenvalue weighted by molar-refractivity contribution is 6.21. The second-order valence-corrected chi connectivity index (χ2v) is 7.56. The maximum Gasteiger partial charge on any atom is 0.373 e. The average molecular weight is 413 g/mol. The van der Waals surface area contributed by atoms with Crippen molar-refractivity contribution in [1.82, 2.24) is 4.90 Å². The molecule has 2 aliphatic heterocycles. The third kappa shape index (κ3) is 3.17. The van der Waals surface area contributed by atoms with E-state index < -0.39 is 18.1 Å². The first-order chi connectivity index (χ1) is 15.1. The Bertz CT molecular complexity index is 1230. The van der Waals surface area contributed by atoms with Crippen LogP contribution in [0.2, 0.25) is 0 Å². The molecule has 0 saturated heterocycles. The fraction of sp³-hybridized carbons (Fsp3) is 0.160. The molecule has 31 heavy (non-hydrogen) atoms. The number of esters is 1. The Kier molecular flexibility index (Phi) is 4.55. The maximum absolute atomic E-state index is 13.0. The van der Waals surface area contributed by atoms with E-state index in [1.807, 2.05) is 42.5 Å². The number of carbonyl (C=O) groups excluding carboxylic acids is 3. The van der Waals surface area contributed by atoms with Crippen LogP contribution in [0, 0.1) is 0 Å². The first kappa shape index (κ1) is 19.1. The lowest BCUT2D eigenvalue weighted by atomic mass is 9.95. The molecule has 3 aromatic carbocycles. The minimum Gasteiger partial charge on any atom is -0.478 e. The van der Waals surface area contributed by atoms with Gasteiger partial charge in [-0.3, -0.25) is 14.5 Å². The van der Waals surface area contributed by atoms with Gasteiger partial charge in [0.25, 0.3) is 11.8 Å². The number of benzene rings is 3. The van der Waals surface area contributed by atoms with Crippen LogP contribution in [0.4, 0.5) is 0 Å². The predicted octanol–water partition coefficient (Wildman–Crippen LogP) is 4.02. The standard InChI is InChI=1S/C25H19NO5/c1-30-25(29)22-14-18(26-23(27)19-8-4-5-9-20(19)24(26)28)13-21(31-22)17-11-10-15-6-2-3-7-16(15)12-17/h2-12,14,18,21H,13H2,1H3/t18-,21-/m0/s1. The molecule has 3 aromatic rings. The maximum atomic E-state index is 13.0. The fourth-order valence-electron chi connectivity index (χ4n) is 4.22. The molecule has 2 amide bonds. The number of carbonyl (C=O) groups is 3. The molecule has 0 aromatic heterocycles. The van der Waals surface area contributed by atoms with E-state index in [1.54, 1.807) is 24.3 Å². The van der Waals surface area contributed by atoms with Crippen molar-refractivity contribution < 1.29 is 23.9 Å². The smallest absolute Gasteiger partial charge is 0.373 e. The number of imide groups is 1. The van der Waals surface area contributed by atoms with E-state index >= 15 is 0 Å². The van der Waals surface area contributed by atoms with Gasteiger partial charge in [-0.25, -0.2) is 4.79 Å². The van der Waals surface area contributed by atoms with Crippen molar-refractivity contribution >= 4 is 28.6 Å². The van der Waals surface area contributed by atoms with Gasteiger partial charge in [-0.15, -0.1) is 0 Å². The van der Waals surface area contributed by atoms with Gasteiger partial charge in [-0.05, 0) is 40.6 Å². The number of nitrogens with zero attached hydrogens (tertiary/aromatic N) is 1. The van der Waals surface area contributed by atoms with E-state index in [0.717, 1.165) is 16.3 Å². The zero-order chi connectivity index (χ0) is 21.5. The van der Waals surface area contributed by atoms with Crippen LogP contribution in [-0.4, -0.2) is 35.8 Å². The normalized spacial score (nSPS) is 20.3. The molecule has 6 heteroatoms. The summed E-state index contributed by atoms with van der Waals surface area (Å²) in [6.45, 7) is 0. The fourth-order valence-corrected chi connectivity index (χ4v) is 4.22. The molecule has 0 fully saturated rings. The van der Waals surface area contributed by atoms with E-state index in [0.29, 0.717) is 17.5 Å². The van der Waals surface area contributed by atoms with Gasteiger partial charge < -0.3 is 9.47 Å². The number of hydrogen-bond acceptors (Lipinski definition) is 5. The Morgan fingerprint density at radius 1 is 0.935 bits per heavy atom. The quantitative estimate of drug-likeness (QED) is 0.479. The molecule has 0 bridgehead atoms. The van der Waals surface area contributed by atoms with Crippen molar-refractivity contribution in [2.75, 3.05) is 7.11 Å². The highest BCUT2D eigenvalue weighted by Gasteiger charge is 2.42. The average Bonchev–Trinajstić information content (AvgIpc) is 3.08. The zero-order valence-electron chi connectivity index (χ0n) is 16.8. The summed E-state index contributed by atoms with van der Waals surface area (Å²) in [7, 11) is 1.27. The van der Waals surface area contributed by atoms with Crippen LogP contribution in [-0.2, 0) is 14.3 Å². The van der Waals surface area contributed by atoms with Crippen LogP contribution in [0.15, 0.2) is 78.6 Å². The molecule has 0 N–H and O–H groups in total. The van der Waals surface area contributed by atoms with Crippen LogP contribution in [0.25, 0.3) is 10.8 Å². The minimum atomic E-state index is -0.646. The number of ether oxygens (including phenoxy) is 2. The molecule has 0 saturated carbocycles. The molecule has 0 radical (unpaired) electrons. The number of methoxy groups -OCH3 is 1. The first-order valence-corrected chi connectivity index (χ1v) is 9.99. The summed E-state index contributed by atoms with van der Waals surface area (Å²) in [5, 5.41) is 2.12. The molecule has 6 nitrogen and oxygen atoms in total. The van der Waals surface area contributed by atoms with Crippen molar-refractivity contribution in [3.05, 3.63) is 95.3 Å². The lowest BCUT2D eigenvalue weighted by molar-refractivity contribution is -0.142. The molecule has 0 spiro atoms. The van der Waals surface area contributed by atoms with Crippen LogP contribution >= 0.6 is 0 Å². The van der Waals surface area contributed by atoms with E-state index in [-0.39, 0.29) is 17.6 Å². The number of rotatable bonds is 3. The van der Waals surface area contributed by atoms with Crippen molar-refractivity contribution in [1.29, 1.82) is 0 Å². The lowest BCUT2D eigenvalue weighted by Crippen LogP contribution is -2.42. The van der Waals surface area contributed by atoms with Crippen molar-refractivity contribution in [3.63, 3.8) is 0 Å². The van der Waals surface area contributed by atoms with Gasteiger partial charge in [0, 0.05) is 6.42 Å². The van der Waals surface area contributed by atoms with Crippen molar-refractivity contribution in [2.45, 2.75) is 18.6 Å². The Morgan fingerprint density at radius 2 is 1.58 bits per heavy atom. The summed E-state index contributed by atoms with van der Waals surface area (Å²) in [5.41, 5.74) is 1.60. The van der Waals surface area contributed by atoms with Crippen molar-refractivity contribution in [2.24, 2.45) is 0 Å². The topological polar surface area (TPSA) is 72.9 Å². The highest BCUT2D eigenvalue weighted by atomic mass is 16.6. The summed E-state index contributed by atoms with van der Waals surface area (Å²) in [6.07, 6.45) is 1.33. The highest BCUT2D eigenvalue weighted by Crippen LogP contribution is 2.37. The Balaban J connectivity index is 1.53. The summed E-state index contributed by atoms with van der Waals surface area (Å²) < 4.78 is 10.8. The largest absolute Gasteiger partial charge is 0.478 e. The van der Waals surface area contributed by atoms with E-state index in [2.05, 4.69) is 0 Å². The minimum absolute atomic E-state index is 0.00605. The number of fused-ring (bicyclic) bond motifs is 2. The summed E-state index contributed by atoms with van der Waals surface area (Å²) in [5.74, 6) is -1.39. The number of amides is 2. The van der Waals surface area contributed by atoms with Crippen LogP contribution in [0.5, 0.6) is 0 Å². The van der Waals surface area contributed by atoms with E-state index in [4.69, 9.17) is 9.47 Å². The summed E-state index contributed by atoms with van der Waals surface area (Å²) >= 11 is 0. The molecule has 0 aliphatic carbocycles. The van der Waals surface area contributed by atoms with E-state index in [9.17, 15) is 14.4 Å². The van der Waals surface area contributed by atoms with Gasteiger partial charge >= 0.3 is 5.97 Å². The van der Waals surface area contributed by atoms with Gasteiger partial charge in [-0.1, -0.05) is 48.5 Å². The molecule has 2 heterocycles. The van der Waals surface area contributed by atoms with Crippen LogP contribution in [0.3, 0.4) is 0 Å². The Hall–Kier alpha value is -3.93. The molecule has 154 valence electrons. The third-order valence-electron chi connectivity index (χ3n) is 5.76. The van der Waals surface area contributed by atoms with Crippen LogP contribution in [0.1, 0.15) is 38.8 Å². The third-order valence-corrected chi connectivity index (χ3v) is 5.76. The molecule has 5 rings (SSSR count). The predicted molar refractivity (Wildman–Crippen MR) is 113 cm³/mol. The van der Waals surface area contributed by atoms with Crippen LogP contribution < -0.4 is 0 Å². The molecule has 2 aliphatic rings. The Morgan fingerprint density at radius 3 is 2.26 bits per heavy atom. The molecular formula is C25H19NO5. The SMILES string of the molecule is COC(=O)C1=C[C@@H](N2C(=O)c3ccccc3C2=O)C[C@@H](c2ccc3ccccc3c2)O1. The second kappa shape index (κ2) is 7.40. The first-order valence-electron chi connectivity index (χ1n) is 9.99. The Labute approximate surface area is 178 Å². The lowest BCUT2D eigenvalue weighted by Gasteiger charge is -2.33. The van der Waals surface area contributed by atoms with Gasteiger partial charge in [-0.2, -0.15) is 0 Å². The van der Waals surface area contributed by atoms with Gasteiger partial charge in [0.05, 0.1) is 24.3 Å². The molecular weight excluding hydrogens is 394 g/mol. The van der Waals surface area contributed by atoms with Gasteiger partial charge in [0.1, 0.15) is 6.10 Å².